The van der Waals surface area contributed by atoms with E-state index in [0.29, 0.717) is 33.9 Å². The molecule has 0 bridgehead atoms. The van der Waals surface area contributed by atoms with Gasteiger partial charge in [0.1, 0.15) is 22.5 Å². The maximum atomic E-state index is 10.0. The van der Waals surface area contributed by atoms with Crippen LogP contribution in [0.1, 0.15) is 0 Å². The van der Waals surface area contributed by atoms with E-state index < -0.39 is 0 Å². The first-order chi connectivity index (χ1) is 9.70. The standard InChI is InChI=1S/C13H10N4O3/c14-7-1-2-8-9(3-7)16-17(15-8)10-4-12-13(5-11(10)18)20-6-19-12/h1-5,18H,6,14H2. The highest BCUT2D eigenvalue weighted by atomic mass is 16.7. The van der Waals surface area contributed by atoms with Crippen LogP contribution in [0.5, 0.6) is 17.2 Å². The van der Waals surface area contributed by atoms with Crippen molar-refractivity contribution in [3.05, 3.63) is 30.3 Å². The van der Waals surface area contributed by atoms with Gasteiger partial charge in [-0.25, -0.2) is 0 Å². The van der Waals surface area contributed by atoms with E-state index in [1.165, 1.54) is 10.9 Å². The molecule has 20 heavy (non-hydrogen) atoms. The molecule has 0 amide bonds. The summed E-state index contributed by atoms with van der Waals surface area (Å²) in [5.74, 6) is 1.08. The first-order valence-corrected chi connectivity index (χ1v) is 5.96. The van der Waals surface area contributed by atoms with Crippen molar-refractivity contribution in [3.63, 3.8) is 0 Å². The number of rotatable bonds is 1. The van der Waals surface area contributed by atoms with E-state index in [0.717, 1.165) is 0 Å². The van der Waals surface area contributed by atoms with E-state index in [-0.39, 0.29) is 12.5 Å². The molecule has 3 aromatic rings. The molecule has 0 saturated heterocycles. The van der Waals surface area contributed by atoms with E-state index >= 15 is 0 Å². The van der Waals surface area contributed by atoms with Gasteiger partial charge >= 0.3 is 0 Å². The number of aromatic hydroxyl groups is 1. The Morgan fingerprint density at radius 1 is 1.05 bits per heavy atom. The van der Waals surface area contributed by atoms with Crippen LogP contribution >= 0.6 is 0 Å². The Bertz CT molecular complexity index is 828. The molecular formula is C13H10N4O3. The molecule has 0 saturated carbocycles. The molecule has 2 heterocycles. The molecule has 4 rings (SSSR count). The maximum absolute atomic E-state index is 10.0. The third kappa shape index (κ3) is 1.53. The SMILES string of the molecule is Nc1ccc2nn(-c3cc4c(cc3O)OCO4)nc2c1. The van der Waals surface area contributed by atoms with Crippen LogP contribution in [0.3, 0.4) is 0 Å². The quantitative estimate of drug-likeness (QED) is 0.649. The van der Waals surface area contributed by atoms with Gasteiger partial charge in [-0.3, -0.25) is 0 Å². The number of nitrogen functional groups attached to an aromatic ring is 1. The normalized spacial score (nSPS) is 13.0. The van der Waals surface area contributed by atoms with E-state index in [9.17, 15) is 5.11 Å². The Morgan fingerprint density at radius 3 is 2.65 bits per heavy atom. The summed E-state index contributed by atoms with van der Waals surface area (Å²) in [6.07, 6.45) is 0. The van der Waals surface area contributed by atoms with Crippen LogP contribution in [-0.2, 0) is 0 Å². The van der Waals surface area contributed by atoms with Gasteiger partial charge in [0.05, 0.1) is 0 Å². The molecule has 2 aromatic carbocycles. The number of fused-ring (bicyclic) bond motifs is 2. The zero-order valence-corrected chi connectivity index (χ0v) is 10.3. The molecule has 0 unspecified atom stereocenters. The summed E-state index contributed by atoms with van der Waals surface area (Å²) in [7, 11) is 0. The van der Waals surface area contributed by atoms with Crippen molar-refractivity contribution in [1.29, 1.82) is 0 Å². The molecule has 100 valence electrons. The number of hydrogen-bond acceptors (Lipinski definition) is 6. The second-order valence-electron chi connectivity index (χ2n) is 4.43. The molecule has 3 N–H and O–H groups in total. The maximum Gasteiger partial charge on any atom is 0.231 e. The minimum Gasteiger partial charge on any atom is -0.505 e. The lowest BCUT2D eigenvalue weighted by molar-refractivity contribution is 0.174. The van der Waals surface area contributed by atoms with Crippen LogP contribution in [0.25, 0.3) is 16.7 Å². The van der Waals surface area contributed by atoms with Crippen LogP contribution in [0.15, 0.2) is 30.3 Å². The first kappa shape index (κ1) is 10.9. The minimum atomic E-state index is 0.0162. The topological polar surface area (TPSA) is 95.4 Å². The van der Waals surface area contributed by atoms with Gasteiger partial charge in [0.15, 0.2) is 11.5 Å². The Hall–Kier alpha value is -2.96. The summed E-state index contributed by atoms with van der Waals surface area (Å²) in [5.41, 5.74) is 8.09. The largest absolute Gasteiger partial charge is 0.505 e. The van der Waals surface area contributed by atoms with Gasteiger partial charge in [0, 0.05) is 17.8 Å². The average molecular weight is 270 g/mol. The lowest BCUT2D eigenvalue weighted by Gasteiger charge is -2.04. The second kappa shape index (κ2) is 3.77. The highest BCUT2D eigenvalue weighted by Crippen LogP contribution is 2.38. The Morgan fingerprint density at radius 2 is 1.80 bits per heavy atom. The van der Waals surface area contributed by atoms with E-state index in [1.807, 2.05) is 0 Å². The fraction of sp³-hybridized carbons (Fsp3) is 0.0769. The van der Waals surface area contributed by atoms with Crippen molar-refractivity contribution in [2.75, 3.05) is 12.5 Å². The van der Waals surface area contributed by atoms with Crippen LogP contribution in [-0.4, -0.2) is 26.9 Å². The molecule has 1 aliphatic rings. The third-order valence-corrected chi connectivity index (χ3v) is 3.09. The van der Waals surface area contributed by atoms with E-state index in [1.54, 1.807) is 24.3 Å². The van der Waals surface area contributed by atoms with Gasteiger partial charge < -0.3 is 20.3 Å². The van der Waals surface area contributed by atoms with Gasteiger partial charge in [-0.1, -0.05) is 0 Å². The van der Waals surface area contributed by atoms with Crippen LogP contribution in [0, 0.1) is 0 Å². The Kier molecular flexibility index (Phi) is 2.06. The highest BCUT2D eigenvalue weighted by molar-refractivity contribution is 5.78. The molecule has 7 nitrogen and oxygen atoms in total. The lowest BCUT2D eigenvalue weighted by atomic mass is 10.2. The number of nitrogens with zero attached hydrogens (tertiary/aromatic N) is 3. The second-order valence-corrected chi connectivity index (χ2v) is 4.43. The molecule has 1 aromatic heterocycles. The first-order valence-electron chi connectivity index (χ1n) is 5.96. The van der Waals surface area contributed by atoms with Crippen LogP contribution < -0.4 is 15.2 Å². The van der Waals surface area contributed by atoms with Crippen molar-refractivity contribution in [1.82, 2.24) is 15.0 Å². The molecule has 0 aliphatic carbocycles. The minimum absolute atomic E-state index is 0.0162. The molecule has 0 radical (unpaired) electrons. The summed E-state index contributed by atoms with van der Waals surface area (Å²) in [6, 6.07) is 8.38. The number of aromatic nitrogens is 3. The number of benzene rings is 2. The molecule has 0 fully saturated rings. The predicted molar refractivity (Wildman–Crippen MR) is 71.1 cm³/mol. The summed E-state index contributed by atoms with van der Waals surface area (Å²) in [5, 5.41) is 18.7. The summed E-state index contributed by atoms with van der Waals surface area (Å²) in [4.78, 5) is 1.35. The molecule has 0 atom stereocenters. The summed E-state index contributed by atoms with van der Waals surface area (Å²) >= 11 is 0. The smallest absolute Gasteiger partial charge is 0.231 e. The van der Waals surface area contributed by atoms with E-state index in [4.69, 9.17) is 15.2 Å². The number of ether oxygens (including phenoxy) is 2. The fourth-order valence-corrected chi connectivity index (χ4v) is 2.12. The zero-order chi connectivity index (χ0) is 13.7. The third-order valence-electron chi connectivity index (χ3n) is 3.09. The van der Waals surface area contributed by atoms with Crippen molar-refractivity contribution >= 4 is 16.7 Å². The van der Waals surface area contributed by atoms with Gasteiger partial charge in [-0.05, 0) is 18.2 Å². The molecular weight excluding hydrogens is 260 g/mol. The zero-order valence-electron chi connectivity index (χ0n) is 10.3. The molecule has 1 aliphatic heterocycles. The lowest BCUT2D eigenvalue weighted by Crippen LogP contribution is -1.99. The van der Waals surface area contributed by atoms with E-state index in [2.05, 4.69) is 10.2 Å². The van der Waals surface area contributed by atoms with Crippen molar-refractivity contribution in [3.8, 4) is 22.9 Å². The predicted octanol–water partition coefficient (Wildman–Crippen LogP) is 1.44. The van der Waals surface area contributed by atoms with Gasteiger partial charge in [-0.15, -0.1) is 15.0 Å². The molecule has 7 heteroatoms. The number of phenols is 1. The summed E-state index contributed by atoms with van der Waals surface area (Å²) < 4.78 is 10.5. The number of hydrogen-bond donors (Lipinski definition) is 2. The van der Waals surface area contributed by atoms with Crippen molar-refractivity contribution in [2.45, 2.75) is 0 Å². The Labute approximate surface area is 113 Å². The van der Waals surface area contributed by atoms with Crippen molar-refractivity contribution < 1.29 is 14.6 Å². The van der Waals surface area contributed by atoms with Gasteiger partial charge in [0.2, 0.25) is 6.79 Å². The number of anilines is 1. The van der Waals surface area contributed by atoms with Crippen LogP contribution in [0.2, 0.25) is 0 Å². The monoisotopic (exact) mass is 270 g/mol. The number of phenolic OH excluding ortho intramolecular Hbond substituents is 1. The van der Waals surface area contributed by atoms with Gasteiger partial charge in [0.25, 0.3) is 0 Å². The fourth-order valence-electron chi connectivity index (χ4n) is 2.12. The van der Waals surface area contributed by atoms with Crippen molar-refractivity contribution in [2.24, 2.45) is 0 Å². The van der Waals surface area contributed by atoms with Gasteiger partial charge in [-0.2, -0.15) is 0 Å². The van der Waals surface area contributed by atoms with Crippen LogP contribution in [0.4, 0.5) is 5.69 Å². The number of nitrogens with two attached hydrogens (primary N) is 1. The average Bonchev–Trinajstić information content (AvgIpc) is 3.02. The summed E-state index contributed by atoms with van der Waals surface area (Å²) in [6.45, 7) is 0.142. The Balaban J connectivity index is 1.90. The molecule has 0 spiro atoms. The highest BCUT2D eigenvalue weighted by Gasteiger charge is 2.19.